The van der Waals surface area contributed by atoms with Gasteiger partial charge in [0.15, 0.2) is 23.1 Å². The summed E-state index contributed by atoms with van der Waals surface area (Å²) in [5.74, 6) is -2.91. The van der Waals surface area contributed by atoms with Crippen molar-refractivity contribution in [2.24, 2.45) is 0 Å². The van der Waals surface area contributed by atoms with Crippen molar-refractivity contribution in [2.45, 2.75) is 20.3 Å². The van der Waals surface area contributed by atoms with E-state index in [-0.39, 0.29) is 23.1 Å². The van der Waals surface area contributed by atoms with Crippen molar-refractivity contribution in [3.8, 4) is 17.2 Å². The van der Waals surface area contributed by atoms with Crippen LogP contribution in [0.2, 0.25) is 0 Å². The second kappa shape index (κ2) is 4.85. The number of phenolic OH excluding ortho intramolecular Hbond substituents is 3. The highest BCUT2D eigenvalue weighted by Gasteiger charge is 2.31. The lowest BCUT2D eigenvalue weighted by molar-refractivity contribution is 0.0988. The summed E-state index contributed by atoms with van der Waals surface area (Å²) >= 11 is 0. The fourth-order valence-electron chi connectivity index (χ4n) is 2.06. The van der Waals surface area contributed by atoms with E-state index in [1.165, 1.54) is 0 Å². The Kier molecular flexibility index (Phi) is 3.36. The molecule has 0 saturated heterocycles. The van der Waals surface area contributed by atoms with Gasteiger partial charge in [-0.15, -0.1) is 0 Å². The topological polar surface area (TPSA) is 94.8 Å². The quantitative estimate of drug-likeness (QED) is 0.437. The van der Waals surface area contributed by atoms with Gasteiger partial charge < -0.3 is 15.3 Å². The molecule has 0 bridgehead atoms. The molecule has 5 nitrogen and oxygen atoms in total. The SMILES string of the molecule is CC(C)=CCc1c(O)c(O)c2c(c1O)C(=O)C=CC2=O. The van der Waals surface area contributed by atoms with Crippen LogP contribution in [0, 0.1) is 0 Å². The Bertz CT molecular complexity index is 676. The zero-order valence-electron chi connectivity index (χ0n) is 11.1. The molecule has 1 aromatic carbocycles. The van der Waals surface area contributed by atoms with Crippen LogP contribution in [-0.2, 0) is 6.42 Å². The summed E-state index contributed by atoms with van der Waals surface area (Å²) in [6, 6.07) is 0. The van der Waals surface area contributed by atoms with E-state index in [2.05, 4.69) is 0 Å². The van der Waals surface area contributed by atoms with Crippen LogP contribution >= 0.6 is 0 Å². The molecule has 0 aromatic heterocycles. The van der Waals surface area contributed by atoms with Crippen LogP contribution in [-0.4, -0.2) is 26.9 Å². The van der Waals surface area contributed by atoms with Gasteiger partial charge in [0.2, 0.25) is 0 Å². The van der Waals surface area contributed by atoms with Crippen LogP contribution in [0.25, 0.3) is 0 Å². The Hall–Kier alpha value is -2.56. The third-order valence-electron chi connectivity index (χ3n) is 3.11. The number of carbonyl (C=O) groups is 2. The Balaban J connectivity index is 2.73. The maximum atomic E-state index is 11.8. The predicted octanol–water partition coefficient (Wildman–Crippen LogP) is 2.25. The van der Waals surface area contributed by atoms with Crippen LogP contribution in [0.5, 0.6) is 17.2 Å². The van der Waals surface area contributed by atoms with E-state index in [9.17, 15) is 24.9 Å². The molecule has 5 heteroatoms. The van der Waals surface area contributed by atoms with Crippen LogP contribution in [0.4, 0.5) is 0 Å². The average Bonchev–Trinajstić information content (AvgIpc) is 2.38. The van der Waals surface area contributed by atoms with E-state index in [1.54, 1.807) is 6.08 Å². The smallest absolute Gasteiger partial charge is 0.190 e. The van der Waals surface area contributed by atoms with Gasteiger partial charge in [0, 0.05) is 5.56 Å². The minimum absolute atomic E-state index is 0.0268. The first kappa shape index (κ1) is 13.9. The Morgan fingerprint density at radius 1 is 0.950 bits per heavy atom. The van der Waals surface area contributed by atoms with Crippen molar-refractivity contribution >= 4 is 11.6 Å². The van der Waals surface area contributed by atoms with Gasteiger partial charge in [-0.3, -0.25) is 9.59 Å². The lowest BCUT2D eigenvalue weighted by Gasteiger charge is -2.17. The van der Waals surface area contributed by atoms with Crippen LogP contribution < -0.4 is 0 Å². The highest BCUT2D eigenvalue weighted by Crippen LogP contribution is 2.44. The molecule has 0 fully saturated rings. The molecule has 0 aliphatic heterocycles. The Morgan fingerprint density at radius 3 is 1.95 bits per heavy atom. The zero-order valence-corrected chi connectivity index (χ0v) is 11.1. The number of hydrogen-bond acceptors (Lipinski definition) is 5. The van der Waals surface area contributed by atoms with E-state index in [0.29, 0.717) is 0 Å². The molecule has 0 saturated carbocycles. The molecule has 0 heterocycles. The maximum absolute atomic E-state index is 11.8. The van der Waals surface area contributed by atoms with Gasteiger partial charge in [0.1, 0.15) is 5.75 Å². The second-order valence-electron chi connectivity index (χ2n) is 4.82. The summed E-state index contributed by atoms with van der Waals surface area (Å²) in [6.07, 6.45) is 3.90. The molecule has 2 rings (SSSR count). The lowest BCUT2D eigenvalue weighted by atomic mass is 9.89. The number of aromatic hydroxyl groups is 3. The first-order valence-electron chi connectivity index (χ1n) is 6.04. The summed E-state index contributed by atoms with van der Waals surface area (Å²) in [7, 11) is 0. The molecular weight excluding hydrogens is 260 g/mol. The van der Waals surface area contributed by atoms with Crippen molar-refractivity contribution in [3.05, 3.63) is 40.5 Å². The fourth-order valence-corrected chi connectivity index (χ4v) is 2.06. The highest BCUT2D eigenvalue weighted by atomic mass is 16.3. The van der Waals surface area contributed by atoms with Gasteiger partial charge >= 0.3 is 0 Å². The summed E-state index contributed by atoms with van der Waals surface area (Å²) in [6.45, 7) is 3.67. The van der Waals surface area contributed by atoms with Gasteiger partial charge in [0.25, 0.3) is 0 Å². The summed E-state index contributed by atoms with van der Waals surface area (Å²) in [4.78, 5) is 23.5. The molecule has 3 N–H and O–H groups in total. The number of benzene rings is 1. The lowest BCUT2D eigenvalue weighted by Crippen LogP contribution is -2.13. The van der Waals surface area contributed by atoms with Gasteiger partial charge in [-0.2, -0.15) is 0 Å². The number of phenols is 3. The van der Waals surface area contributed by atoms with E-state index >= 15 is 0 Å². The number of rotatable bonds is 2. The maximum Gasteiger partial charge on any atom is 0.190 e. The van der Waals surface area contributed by atoms with Crippen LogP contribution in [0.15, 0.2) is 23.8 Å². The minimum atomic E-state index is -0.669. The molecule has 0 spiro atoms. The molecule has 1 aliphatic rings. The largest absolute Gasteiger partial charge is 0.507 e. The predicted molar refractivity (Wildman–Crippen MR) is 72.4 cm³/mol. The number of allylic oxidation sites excluding steroid dienone is 4. The van der Waals surface area contributed by atoms with E-state index in [4.69, 9.17) is 0 Å². The summed E-state index contributed by atoms with van der Waals surface area (Å²) in [5.41, 5.74) is 0.362. The molecule has 0 atom stereocenters. The van der Waals surface area contributed by atoms with Crippen LogP contribution in [0.1, 0.15) is 40.1 Å². The fraction of sp³-hybridized carbons (Fsp3) is 0.200. The van der Waals surface area contributed by atoms with Crippen molar-refractivity contribution in [2.75, 3.05) is 0 Å². The van der Waals surface area contributed by atoms with Gasteiger partial charge in [0.05, 0.1) is 11.1 Å². The van der Waals surface area contributed by atoms with Crippen molar-refractivity contribution in [1.29, 1.82) is 0 Å². The monoisotopic (exact) mass is 274 g/mol. The first-order valence-corrected chi connectivity index (χ1v) is 6.04. The molecule has 20 heavy (non-hydrogen) atoms. The Morgan fingerprint density at radius 2 is 1.45 bits per heavy atom. The molecule has 104 valence electrons. The summed E-state index contributed by atoms with van der Waals surface area (Å²) in [5, 5.41) is 30.0. The van der Waals surface area contributed by atoms with Gasteiger partial charge in [-0.25, -0.2) is 0 Å². The number of fused-ring (bicyclic) bond motifs is 1. The van der Waals surface area contributed by atoms with Crippen molar-refractivity contribution < 1.29 is 24.9 Å². The third kappa shape index (κ3) is 2.07. The number of carbonyl (C=O) groups excluding carboxylic acids is 2. The zero-order chi connectivity index (χ0) is 15.0. The highest BCUT2D eigenvalue weighted by molar-refractivity contribution is 6.24. The number of ketones is 2. The molecule has 1 aliphatic carbocycles. The second-order valence-corrected chi connectivity index (χ2v) is 4.82. The minimum Gasteiger partial charge on any atom is -0.507 e. The normalized spacial score (nSPS) is 13.3. The van der Waals surface area contributed by atoms with E-state index < -0.39 is 28.8 Å². The first-order chi connectivity index (χ1) is 9.34. The third-order valence-corrected chi connectivity index (χ3v) is 3.11. The Labute approximate surface area is 115 Å². The molecular formula is C15H14O5. The summed E-state index contributed by atoms with van der Waals surface area (Å²) < 4.78 is 0. The molecule has 0 radical (unpaired) electrons. The average molecular weight is 274 g/mol. The van der Waals surface area contributed by atoms with Crippen LogP contribution in [0.3, 0.4) is 0 Å². The molecule has 1 aromatic rings. The molecule has 0 amide bonds. The van der Waals surface area contributed by atoms with E-state index in [1.807, 2.05) is 13.8 Å². The number of hydrogen-bond donors (Lipinski definition) is 3. The van der Waals surface area contributed by atoms with Gasteiger partial charge in [-0.05, 0) is 32.4 Å². The molecule has 0 unspecified atom stereocenters. The van der Waals surface area contributed by atoms with E-state index in [0.717, 1.165) is 17.7 Å². The van der Waals surface area contributed by atoms with Crippen molar-refractivity contribution in [1.82, 2.24) is 0 Å². The standard InChI is InChI=1S/C15H14O5/c1-7(2)3-4-8-13(18)11-9(16)5-6-10(17)12(11)15(20)14(8)19/h3,5-6,18-20H,4H2,1-2H3. The van der Waals surface area contributed by atoms with Crippen molar-refractivity contribution in [3.63, 3.8) is 0 Å². The van der Waals surface area contributed by atoms with Gasteiger partial charge in [-0.1, -0.05) is 11.6 Å².